The van der Waals surface area contributed by atoms with Gasteiger partial charge in [0.1, 0.15) is 17.4 Å². The van der Waals surface area contributed by atoms with Crippen molar-refractivity contribution < 1.29 is 18.3 Å². The van der Waals surface area contributed by atoms with Gasteiger partial charge in [-0.1, -0.05) is 12.1 Å². The Hall–Kier alpha value is -2.43. The summed E-state index contributed by atoms with van der Waals surface area (Å²) in [5.41, 5.74) is 0.524. The second-order valence-electron chi connectivity index (χ2n) is 4.59. The van der Waals surface area contributed by atoms with Gasteiger partial charge >= 0.3 is 0 Å². The molecule has 0 aliphatic rings. The number of benzene rings is 2. The SMILES string of the molecule is COc1ccc(C(C)NC(=O)c2cc(F)ccc2F)cc1. The van der Waals surface area contributed by atoms with Crippen molar-refractivity contribution in [3.8, 4) is 5.75 Å². The van der Waals surface area contributed by atoms with Gasteiger partial charge in [0.25, 0.3) is 5.91 Å². The third-order valence-electron chi connectivity index (χ3n) is 3.14. The second kappa shape index (κ2) is 6.35. The van der Waals surface area contributed by atoms with E-state index >= 15 is 0 Å². The fourth-order valence-electron chi connectivity index (χ4n) is 1.92. The molecule has 1 amide bonds. The highest BCUT2D eigenvalue weighted by Crippen LogP contribution is 2.18. The molecule has 5 heteroatoms. The van der Waals surface area contributed by atoms with Crippen LogP contribution in [0.5, 0.6) is 5.75 Å². The highest BCUT2D eigenvalue weighted by molar-refractivity contribution is 5.94. The van der Waals surface area contributed by atoms with Crippen LogP contribution in [0.4, 0.5) is 8.78 Å². The van der Waals surface area contributed by atoms with Crippen molar-refractivity contribution >= 4 is 5.91 Å². The predicted octanol–water partition coefficient (Wildman–Crippen LogP) is 3.46. The topological polar surface area (TPSA) is 38.3 Å². The largest absolute Gasteiger partial charge is 0.497 e. The van der Waals surface area contributed by atoms with E-state index in [4.69, 9.17) is 4.74 Å². The van der Waals surface area contributed by atoms with Gasteiger partial charge in [0.2, 0.25) is 0 Å². The monoisotopic (exact) mass is 291 g/mol. The van der Waals surface area contributed by atoms with E-state index in [1.807, 2.05) is 0 Å². The van der Waals surface area contributed by atoms with Crippen LogP contribution < -0.4 is 10.1 Å². The first kappa shape index (κ1) is 15.0. The maximum absolute atomic E-state index is 13.5. The molecule has 0 bridgehead atoms. The first-order valence-corrected chi connectivity index (χ1v) is 6.41. The molecule has 0 fully saturated rings. The second-order valence-corrected chi connectivity index (χ2v) is 4.59. The molecule has 2 aromatic carbocycles. The maximum Gasteiger partial charge on any atom is 0.254 e. The number of hydrogen-bond donors (Lipinski definition) is 1. The summed E-state index contributed by atoms with van der Waals surface area (Å²) in [5, 5.41) is 2.63. The summed E-state index contributed by atoms with van der Waals surface area (Å²) in [6.45, 7) is 1.76. The molecule has 0 radical (unpaired) electrons. The van der Waals surface area contributed by atoms with Crippen LogP contribution in [0.15, 0.2) is 42.5 Å². The van der Waals surface area contributed by atoms with Gasteiger partial charge in [-0.2, -0.15) is 0 Å². The first-order chi connectivity index (χ1) is 10.0. The molecule has 1 unspecified atom stereocenters. The van der Waals surface area contributed by atoms with Gasteiger partial charge in [-0.3, -0.25) is 4.79 Å². The summed E-state index contributed by atoms with van der Waals surface area (Å²) in [5.74, 6) is -1.36. The van der Waals surface area contributed by atoms with Gasteiger partial charge in [0, 0.05) is 0 Å². The lowest BCUT2D eigenvalue weighted by Gasteiger charge is -2.15. The van der Waals surface area contributed by atoms with Crippen molar-refractivity contribution in [1.29, 1.82) is 0 Å². The molecule has 0 aliphatic carbocycles. The highest BCUT2D eigenvalue weighted by Gasteiger charge is 2.16. The molecule has 0 spiro atoms. The lowest BCUT2D eigenvalue weighted by molar-refractivity contribution is 0.0935. The molecule has 3 nitrogen and oxygen atoms in total. The smallest absolute Gasteiger partial charge is 0.254 e. The Balaban J connectivity index is 2.12. The van der Waals surface area contributed by atoms with Gasteiger partial charge in [-0.15, -0.1) is 0 Å². The molecule has 1 N–H and O–H groups in total. The number of halogens is 2. The van der Waals surface area contributed by atoms with Crippen LogP contribution in [-0.2, 0) is 0 Å². The highest BCUT2D eigenvalue weighted by atomic mass is 19.1. The molecule has 2 rings (SSSR count). The minimum Gasteiger partial charge on any atom is -0.497 e. The van der Waals surface area contributed by atoms with Crippen LogP contribution in [-0.4, -0.2) is 13.0 Å². The van der Waals surface area contributed by atoms with E-state index in [9.17, 15) is 13.6 Å². The Morgan fingerprint density at radius 1 is 1.14 bits per heavy atom. The third-order valence-corrected chi connectivity index (χ3v) is 3.14. The molecule has 110 valence electrons. The van der Waals surface area contributed by atoms with E-state index in [-0.39, 0.29) is 11.6 Å². The quantitative estimate of drug-likeness (QED) is 0.936. The number of amides is 1. The van der Waals surface area contributed by atoms with Crippen molar-refractivity contribution in [2.24, 2.45) is 0 Å². The molecular weight excluding hydrogens is 276 g/mol. The Bertz CT molecular complexity index is 641. The summed E-state index contributed by atoms with van der Waals surface area (Å²) in [7, 11) is 1.56. The van der Waals surface area contributed by atoms with E-state index in [2.05, 4.69) is 5.32 Å². The minimum absolute atomic E-state index is 0.310. The maximum atomic E-state index is 13.5. The van der Waals surface area contributed by atoms with Crippen molar-refractivity contribution in [3.05, 3.63) is 65.2 Å². The van der Waals surface area contributed by atoms with Gasteiger partial charge in [-0.05, 0) is 42.8 Å². The summed E-state index contributed by atoms with van der Waals surface area (Å²) >= 11 is 0. The van der Waals surface area contributed by atoms with Crippen molar-refractivity contribution in [3.63, 3.8) is 0 Å². The van der Waals surface area contributed by atoms with Crippen molar-refractivity contribution in [2.45, 2.75) is 13.0 Å². The molecule has 0 saturated carbocycles. The number of ether oxygens (including phenoxy) is 1. The molecular formula is C16H15F2NO2. The van der Waals surface area contributed by atoms with Crippen LogP contribution in [0.3, 0.4) is 0 Å². The minimum atomic E-state index is -0.754. The van der Waals surface area contributed by atoms with Crippen LogP contribution >= 0.6 is 0 Å². The fraction of sp³-hybridized carbons (Fsp3) is 0.188. The Labute approximate surface area is 121 Å². The standard InChI is InChI=1S/C16H15F2NO2/c1-10(11-3-6-13(21-2)7-4-11)19-16(20)14-9-12(17)5-8-15(14)18/h3-10H,1-2H3,(H,19,20). The fourth-order valence-corrected chi connectivity index (χ4v) is 1.92. The first-order valence-electron chi connectivity index (χ1n) is 6.41. The van der Waals surface area contributed by atoms with Gasteiger partial charge in [-0.25, -0.2) is 8.78 Å². The molecule has 0 aromatic heterocycles. The van der Waals surface area contributed by atoms with Gasteiger partial charge in [0.15, 0.2) is 0 Å². The summed E-state index contributed by atoms with van der Waals surface area (Å²) in [6, 6.07) is 9.57. The van der Waals surface area contributed by atoms with Gasteiger partial charge in [0.05, 0.1) is 18.7 Å². The van der Waals surface area contributed by atoms with E-state index in [0.29, 0.717) is 5.75 Å². The molecule has 21 heavy (non-hydrogen) atoms. The lowest BCUT2D eigenvalue weighted by atomic mass is 10.1. The Morgan fingerprint density at radius 2 is 1.81 bits per heavy atom. The number of hydrogen-bond acceptors (Lipinski definition) is 2. The summed E-state index contributed by atoms with van der Waals surface area (Å²) in [6.07, 6.45) is 0. The number of carbonyl (C=O) groups is 1. The zero-order chi connectivity index (χ0) is 15.4. The zero-order valence-electron chi connectivity index (χ0n) is 11.7. The van der Waals surface area contributed by atoms with Crippen molar-refractivity contribution in [1.82, 2.24) is 5.32 Å². The molecule has 2 aromatic rings. The summed E-state index contributed by atoms with van der Waals surface area (Å²) < 4.78 is 31.7. The number of carbonyl (C=O) groups excluding carboxylic acids is 1. The van der Waals surface area contributed by atoms with E-state index in [0.717, 1.165) is 23.8 Å². The number of rotatable bonds is 4. The predicted molar refractivity (Wildman–Crippen MR) is 75.2 cm³/mol. The van der Waals surface area contributed by atoms with Crippen LogP contribution in [0.1, 0.15) is 28.9 Å². The number of methoxy groups -OCH3 is 1. The van der Waals surface area contributed by atoms with E-state index in [1.165, 1.54) is 0 Å². The van der Waals surface area contributed by atoms with E-state index < -0.39 is 17.5 Å². The molecule has 1 atom stereocenters. The normalized spacial score (nSPS) is 11.8. The number of nitrogens with one attached hydrogen (secondary N) is 1. The van der Waals surface area contributed by atoms with Crippen LogP contribution in [0.25, 0.3) is 0 Å². The van der Waals surface area contributed by atoms with E-state index in [1.54, 1.807) is 38.3 Å². The average Bonchev–Trinajstić information content (AvgIpc) is 2.49. The molecule has 0 aliphatic heterocycles. The molecule has 0 heterocycles. The Kier molecular flexibility index (Phi) is 4.52. The average molecular weight is 291 g/mol. The van der Waals surface area contributed by atoms with Crippen LogP contribution in [0, 0.1) is 11.6 Å². The molecule has 0 saturated heterocycles. The van der Waals surface area contributed by atoms with Crippen LogP contribution in [0.2, 0.25) is 0 Å². The Morgan fingerprint density at radius 3 is 2.43 bits per heavy atom. The zero-order valence-corrected chi connectivity index (χ0v) is 11.7. The third kappa shape index (κ3) is 3.56. The van der Waals surface area contributed by atoms with Gasteiger partial charge < -0.3 is 10.1 Å². The van der Waals surface area contributed by atoms with Crippen molar-refractivity contribution in [2.75, 3.05) is 7.11 Å². The summed E-state index contributed by atoms with van der Waals surface area (Å²) in [4.78, 5) is 12.0. The lowest BCUT2D eigenvalue weighted by Crippen LogP contribution is -2.27.